The van der Waals surface area contributed by atoms with E-state index in [0.29, 0.717) is 53.0 Å². The maximum absolute atomic E-state index is 13.5. The Bertz CT molecular complexity index is 2810. The number of ketones is 2. The predicted octanol–water partition coefficient (Wildman–Crippen LogP) is 11.2. The van der Waals surface area contributed by atoms with Gasteiger partial charge in [0.15, 0.2) is 11.6 Å². The van der Waals surface area contributed by atoms with Crippen molar-refractivity contribution in [2.75, 3.05) is 53.1 Å². The molecule has 0 spiro atoms. The fourth-order valence-corrected chi connectivity index (χ4v) is 7.64. The number of ether oxygens (including phenoxy) is 2. The lowest BCUT2D eigenvalue weighted by Crippen LogP contribution is -2.32. The molecule has 0 aliphatic heterocycles. The highest BCUT2D eigenvalue weighted by atomic mass is 35.5. The number of aryl methyl sites for hydroxylation is 3. The van der Waals surface area contributed by atoms with Crippen molar-refractivity contribution < 1.29 is 38.2 Å². The van der Waals surface area contributed by atoms with Crippen LogP contribution < -0.4 is 30.7 Å². The molecule has 2 atom stereocenters. The number of nitrogens with one attached hydrogen (secondary N) is 4. The fourth-order valence-electron chi connectivity index (χ4n) is 6.54. The van der Waals surface area contributed by atoms with Crippen molar-refractivity contribution in [1.82, 2.24) is 0 Å². The molecule has 5 rings (SSSR count). The molecule has 0 saturated heterocycles. The second-order valence-electron chi connectivity index (χ2n) is 15.1. The Morgan fingerprint density at radius 3 is 1.39 bits per heavy atom. The van der Waals surface area contributed by atoms with E-state index in [1.54, 1.807) is 24.3 Å². The first-order chi connectivity index (χ1) is 33.0. The number of nitrogens with zero attached hydrogens (tertiary/aromatic N) is 4. The first-order valence-electron chi connectivity index (χ1n) is 20.9. The Kier molecular flexibility index (Phi) is 20.0. The molecule has 360 valence electrons. The Morgan fingerprint density at radius 1 is 0.522 bits per heavy atom. The van der Waals surface area contributed by atoms with E-state index in [-0.39, 0.29) is 56.2 Å². The van der Waals surface area contributed by atoms with Crippen molar-refractivity contribution in [3.05, 3.63) is 129 Å². The summed E-state index contributed by atoms with van der Waals surface area (Å²) in [4.78, 5) is 79.0. The maximum atomic E-state index is 13.5. The zero-order valence-corrected chi connectivity index (χ0v) is 41.3. The van der Waals surface area contributed by atoms with E-state index < -0.39 is 47.3 Å². The highest BCUT2D eigenvalue weighted by Crippen LogP contribution is 2.29. The first-order valence-corrected chi connectivity index (χ1v) is 23.2. The van der Waals surface area contributed by atoms with E-state index in [2.05, 4.69) is 41.7 Å². The molecule has 0 aromatic heterocycles. The van der Waals surface area contributed by atoms with E-state index in [1.165, 1.54) is 75.7 Å². The predicted molar refractivity (Wildman–Crippen MR) is 270 cm³/mol. The molecule has 0 fully saturated rings. The van der Waals surface area contributed by atoms with Crippen molar-refractivity contribution in [2.45, 2.75) is 45.2 Å². The van der Waals surface area contributed by atoms with Gasteiger partial charge in [0.2, 0.25) is 12.1 Å². The molecule has 2 unspecified atom stereocenters. The van der Waals surface area contributed by atoms with Gasteiger partial charge in [-0.3, -0.25) is 28.8 Å². The number of carbonyl (C=O) groups excluding carboxylic acids is 6. The summed E-state index contributed by atoms with van der Waals surface area (Å²) in [5.41, 5.74) is 3.98. The highest BCUT2D eigenvalue weighted by Gasteiger charge is 2.26. The van der Waals surface area contributed by atoms with Crippen molar-refractivity contribution >= 4 is 127 Å². The molecular weight excluding hydrogens is 994 g/mol. The van der Waals surface area contributed by atoms with Crippen LogP contribution in [0.2, 0.25) is 10.0 Å². The van der Waals surface area contributed by atoms with E-state index in [0.717, 1.165) is 18.1 Å². The van der Waals surface area contributed by atoms with Crippen molar-refractivity contribution in [1.29, 1.82) is 0 Å². The minimum absolute atomic E-state index is 0.0918. The van der Waals surface area contributed by atoms with Crippen LogP contribution in [0.15, 0.2) is 111 Å². The number of anilines is 4. The van der Waals surface area contributed by atoms with Gasteiger partial charge in [0.25, 0.3) is 23.6 Å². The Morgan fingerprint density at radius 2 is 0.971 bits per heavy atom. The Balaban J connectivity index is 1.27. The van der Waals surface area contributed by atoms with Gasteiger partial charge in [-0.1, -0.05) is 23.2 Å². The number of benzene rings is 5. The number of amides is 4. The van der Waals surface area contributed by atoms with Gasteiger partial charge in [-0.2, -0.15) is 20.5 Å². The molecule has 5 aromatic rings. The second kappa shape index (κ2) is 25.8. The quantitative estimate of drug-likeness (QED) is 0.0296. The average molecular weight is 1040 g/mol. The van der Waals surface area contributed by atoms with Gasteiger partial charge in [0.05, 0.1) is 25.6 Å². The van der Waals surface area contributed by atoms with Crippen LogP contribution in [0.1, 0.15) is 51.3 Å². The molecule has 0 saturated carbocycles. The van der Waals surface area contributed by atoms with Gasteiger partial charge in [-0.15, -0.1) is 34.8 Å². The monoisotopic (exact) mass is 1040 g/mol. The summed E-state index contributed by atoms with van der Waals surface area (Å²) >= 11 is 30.6. The van der Waals surface area contributed by atoms with Gasteiger partial charge >= 0.3 is 0 Å². The first kappa shape index (κ1) is 53.5. The van der Waals surface area contributed by atoms with Crippen LogP contribution in [0.5, 0.6) is 11.5 Å². The van der Waals surface area contributed by atoms with Gasteiger partial charge in [0.1, 0.15) is 11.5 Å². The summed E-state index contributed by atoms with van der Waals surface area (Å²) < 4.78 is 10.7. The largest absolute Gasteiger partial charge is 0.497 e. The molecule has 5 aromatic carbocycles. The third-order valence-corrected chi connectivity index (χ3v) is 10.8. The van der Waals surface area contributed by atoms with E-state index in [9.17, 15) is 28.8 Å². The number of alkyl halides is 3. The lowest BCUT2D eigenvalue weighted by Gasteiger charge is -2.15. The van der Waals surface area contributed by atoms with Crippen molar-refractivity contribution in [3.63, 3.8) is 0 Å². The zero-order chi connectivity index (χ0) is 50.2. The molecule has 4 N–H and O–H groups in total. The molecule has 69 heavy (non-hydrogen) atoms. The third kappa shape index (κ3) is 15.8. The normalized spacial score (nSPS) is 12.0. The van der Waals surface area contributed by atoms with Crippen LogP contribution in [-0.4, -0.2) is 79.1 Å². The van der Waals surface area contributed by atoms with E-state index in [4.69, 9.17) is 67.5 Å². The third-order valence-electron chi connectivity index (χ3n) is 9.81. The number of methoxy groups -OCH3 is 2. The topological polar surface area (TPSA) is 218 Å². The number of carbonyl (C=O) groups is 6. The molecule has 16 nitrogen and oxygen atoms in total. The molecule has 0 radical (unpaired) electrons. The smallest absolute Gasteiger partial charge is 0.258 e. The van der Waals surface area contributed by atoms with Crippen LogP contribution >= 0.6 is 58.0 Å². The molecule has 0 heterocycles. The van der Waals surface area contributed by atoms with Gasteiger partial charge in [-0.05, 0) is 129 Å². The molecule has 0 aliphatic carbocycles. The molecule has 4 amide bonds. The minimum Gasteiger partial charge on any atom is -0.497 e. The van der Waals surface area contributed by atoms with Crippen LogP contribution in [-0.2, 0) is 38.4 Å². The van der Waals surface area contributed by atoms with Gasteiger partial charge in [0, 0.05) is 73.7 Å². The number of azo groups is 2. The van der Waals surface area contributed by atoms with E-state index >= 15 is 0 Å². The summed E-state index contributed by atoms with van der Waals surface area (Å²) in [7, 11) is 3.01. The molecule has 21 heteroatoms. The highest BCUT2D eigenvalue weighted by molar-refractivity contribution is 6.32. The zero-order valence-electron chi connectivity index (χ0n) is 37.5. The van der Waals surface area contributed by atoms with Crippen molar-refractivity contribution in [3.8, 4) is 11.5 Å². The lowest BCUT2D eigenvalue weighted by molar-refractivity contribution is -0.127. The number of Topliss-reactive ketones (excluding diaryl/α,β-unsaturated/α-hetero) is 2. The summed E-state index contributed by atoms with van der Waals surface area (Å²) in [6.07, 6.45) is 1.31. The van der Waals surface area contributed by atoms with Gasteiger partial charge in [-0.25, -0.2) is 0 Å². The van der Waals surface area contributed by atoms with Crippen LogP contribution in [0.3, 0.4) is 0 Å². The fraction of sp³-hybridized carbons (Fsp3) is 0.250. The lowest BCUT2D eigenvalue weighted by atomic mass is 10.1. The summed E-state index contributed by atoms with van der Waals surface area (Å²) in [5.74, 6) is -2.10. The number of hydrogen-bond acceptors (Lipinski definition) is 12. The summed E-state index contributed by atoms with van der Waals surface area (Å²) in [6.45, 7) is 2.33. The minimum atomic E-state index is -1.62. The Hall–Kier alpha value is -6.43. The van der Waals surface area contributed by atoms with Crippen molar-refractivity contribution in [2.24, 2.45) is 20.5 Å². The number of rotatable bonds is 22. The van der Waals surface area contributed by atoms with Crippen LogP contribution in [0.4, 0.5) is 34.1 Å². The molecule has 0 aliphatic rings. The number of halogens is 5. The second-order valence-corrected chi connectivity index (χ2v) is 17.1. The standard InChI is InChI=1S/C48H45Cl5N8O8/c1-26(62)43(60-58-38-20-31(17-33(52)22-38)45(64)55-36-13-28(7-10-49)15-40(24-36)68-3)47(66)54-35-5-6-42(30(19-35)9-12-51)57-48(67)44(27(2)63)61-59-39-21-32(18-34(53)23-39)46(65)56-37-14-29(8-11-50)16-41(25-37)69-4/h5-6,13-25,43-44H,7-12H2,1-4H3,(H,54,66)(H,55,64)(H,56,65)(H,57,67). The maximum Gasteiger partial charge on any atom is 0.258 e. The van der Waals surface area contributed by atoms with Crippen LogP contribution in [0, 0.1) is 0 Å². The molecule has 0 bridgehead atoms. The molecular formula is C48H45Cl5N8O8. The SMILES string of the molecule is COc1cc(CCCl)cc(NC(=O)c2cc(Cl)cc(N=NC(C(C)=O)C(=O)Nc3ccc(NC(=O)C(N=Nc4cc(Cl)cc(C(=O)Nc5cc(CCCl)cc(OC)c5)c4)C(C)=O)c(CCCl)c3)c2)c1. The summed E-state index contributed by atoms with van der Waals surface area (Å²) in [6, 6.07) is 20.1. The average Bonchev–Trinajstić information content (AvgIpc) is 3.29. The Labute approximate surface area is 422 Å². The van der Waals surface area contributed by atoms with E-state index in [1.807, 2.05) is 12.1 Å². The summed E-state index contributed by atoms with van der Waals surface area (Å²) in [5, 5.41) is 27.3. The number of hydrogen-bond donors (Lipinski definition) is 4. The van der Waals surface area contributed by atoms with Crippen LogP contribution in [0.25, 0.3) is 0 Å². The van der Waals surface area contributed by atoms with Gasteiger partial charge < -0.3 is 30.7 Å².